The van der Waals surface area contributed by atoms with Crippen molar-refractivity contribution >= 4 is 35.7 Å². The summed E-state index contributed by atoms with van der Waals surface area (Å²) in [6, 6.07) is 33.7. The molecule has 0 saturated carbocycles. The first-order valence-electron chi connectivity index (χ1n) is 11.7. The minimum Gasteiger partial charge on any atom is -0.457 e. The Morgan fingerprint density at radius 3 is 1.63 bits per heavy atom. The molecule has 0 heterocycles. The van der Waals surface area contributed by atoms with E-state index in [4.69, 9.17) is 19.8 Å². The van der Waals surface area contributed by atoms with Gasteiger partial charge in [-0.2, -0.15) is 0 Å². The van der Waals surface area contributed by atoms with Gasteiger partial charge in [-0.05, 0) is 51.7 Å². The monoisotopic (exact) mass is 465 g/mol. The number of nitrogens with two attached hydrogens (primary N) is 1. The zero-order valence-electron chi connectivity index (χ0n) is 19.8. The normalized spacial score (nSPS) is 10.7. The van der Waals surface area contributed by atoms with Gasteiger partial charge in [0.15, 0.2) is 0 Å². The molecular weight excluding hydrogens is 436 g/mol. The Morgan fingerprint density at radius 2 is 1.14 bits per heavy atom. The largest absolute Gasteiger partial charge is 0.457 e. The summed E-state index contributed by atoms with van der Waals surface area (Å²) < 4.78 is 17.8. The second-order valence-electron chi connectivity index (χ2n) is 8.21. The van der Waals surface area contributed by atoms with Crippen LogP contribution in [0.15, 0.2) is 103 Å². The average molecular weight is 465 g/mol. The summed E-state index contributed by atoms with van der Waals surface area (Å²) in [6.07, 6.45) is 0. The number of aliphatic hydroxyl groups excluding tert-OH is 1. The lowest BCUT2D eigenvalue weighted by Crippen LogP contribution is -2.45. The number of hydrogen-bond acceptors (Lipinski definition) is 5. The molecule has 3 N–H and O–H groups in total. The number of benzene rings is 4. The van der Waals surface area contributed by atoms with Gasteiger partial charge in [0.25, 0.3) is 0 Å². The zero-order valence-corrected chi connectivity index (χ0v) is 19.8. The molecule has 0 aromatic heterocycles. The minimum absolute atomic E-state index is 0.0139. The fourth-order valence-corrected chi connectivity index (χ4v) is 4.02. The van der Waals surface area contributed by atoms with E-state index in [0.29, 0.717) is 13.2 Å². The third kappa shape index (κ3) is 6.41. The van der Waals surface area contributed by atoms with Crippen LogP contribution in [-0.4, -0.2) is 39.2 Å². The summed E-state index contributed by atoms with van der Waals surface area (Å²) in [6.45, 7) is 0.532. The molecule has 4 aromatic carbocycles. The van der Waals surface area contributed by atoms with Crippen molar-refractivity contribution in [2.24, 2.45) is 5.73 Å². The molecule has 0 spiro atoms. The number of aliphatic hydroxyl groups is 1. The molecule has 0 bridgehead atoms. The van der Waals surface area contributed by atoms with Crippen molar-refractivity contribution in [3.8, 4) is 11.5 Å². The molecule has 176 valence electrons. The van der Waals surface area contributed by atoms with Crippen molar-refractivity contribution in [2.45, 2.75) is 6.61 Å². The van der Waals surface area contributed by atoms with E-state index in [1.165, 1.54) is 0 Å². The molecule has 0 radical (unpaired) electrons. The molecule has 4 aromatic rings. The summed E-state index contributed by atoms with van der Waals surface area (Å²) in [5.41, 5.74) is 10.7. The standard InChI is InChI=1S/C28H29B2NO4/c1-33-29(23-5-3-2-4-6-23)24-11-15-27(16-12-24)35-28-17-13-26(14-18-28)30(34-20-19-31)25-9-7-22(21-32)8-10-25/h2-18,32H,19-21,31H2,1H3. The SMILES string of the molecule is COB(c1ccccc1)c1ccc(Oc2ccc(B(OCCN)c3ccc(CO)cc3)cc2)cc1. The first kappa shape index (κ1) is 24.8. The van der Waals surface area contributed by atoms with E-state index in [0.717, 1.165) is 38.9 Å². The van der Waals surface area contributed by atoms with Crippen LogP contribution in [0.25, 0.3) is 0 Å². The average Bonchev–Trinajstić information content (AvgIpc) is 2.92. The van der Waals surface area contributed by atoms with Crippen LogP contribution in [-0.2, 0) is 15.9 Å². The van der Waals surface area contributed by atoms with Crippen molar-refractivity contribution < 1.29 is 19.2 Å². The Morgan fingerprint density at radius 1 is 0.657 bits per heavy atom. The third-order valence-corrected chi connectivity index (χ3v) is 5.81. The Bertz CT molecular complexity index is 1170. The van der Waals surface area contributed by atoms with Crippen LogP contribution in [0.5, 0.6) is 11.5 Å². The molecule has 7 heteroatoms. The quantitative estimate of drug-likeness (QED) is 0.331. The zero-order chi connectivity index (χ0) is 24.5. The Labute approximate surface area is 207 Å². The highest BCUT2D eigenvalue weighted by atomic mass is 16.5. The van der Waals surface area contributed by atoms with Crippen LogP contribution in [0, 0.1) is 0 Å². The number of ether oxygens (including phenoxy) is 1. The molecule has 0 aliphatic heterocycles. The summed E-state index contributed by atoms with van der Waals surface area (Å²) in [7, 11) is 1.72. The van der Waals surface area contributed by atoms with Gasteiger partial charge in [-0.25, -0.2) is 0 Å². The maximum atomic E-state index is 9.32. The molecule has 0 atom stereocenters. The highest BCUT2D eigenvalue weighted by molar-refractivity contribution is 6.80. The molecule has 0 saturated heterocycles. The fraction of sp³-hybridized carbons (Fsp3) is 0.143. The molecule has 0 fully saturated rings. The van der Waals surface area contributed by atoms with Crippen molar-refractivity contribution in [1.82, 2.24) is 0 Å². The first-order valence-corrected chi connectivity index (χ1v) is 11.7. The summed E-state index contributed by atoms with van der Waals surface area (Å²) >= 11 is 0. The second-order valence-corrected chi connectivity index (χ2v) is 8.21. The van der Waals surface area contributed by atoms with Gasteiger partial charge in [0.05, 0.1) is 6.61 Å². The molecule has 0 unspecified atom stereocenters. The molecule has 5 nitrogen and oxygen atoms in total. The molecular formula is C28H29B2NO4. The first-order chi connectivity index (χ1) is 17.2. The van der Waals surface area contributed by atoms with E-state index >= 15 is 0 Å². The van der Waals surface area contributed by atoms with Crippen molar-refractivity contribution in [3.63, 3.8) is 0 Å². The van der Waals surface area contributed by atoms with Crippen molar-refractivity contribution in [3.05, 3.63) is 109 Å². The van der Waals surface area contributed by atoms with E-state index < -0.39 is 0 Å². The maximum absolute atomic E-state index is 9.32. The Kier molecular flexibility index (Phi) is 8.76. The smallest absolute Gasteiger partial charge is 0.361 e. The molecule has 0 aliphatic rings. The Balaban J connectivity index is 1.46. The third-order valence-electron chi connectivity index (χ3n) is 5.81. The highest BCUT2D eigenvalue weighted by Gasteiger charge is 2.22. The van der Waals surface area contributed by atoms with Crippen LogP contribution >= 0.6 is 0 Å². The van der Waals surface area contributed by atoms with E-state index in [1.807, 2.05) is 91.0 Å². The minimum atomic E-state index is -0.247. The van der Waals surface area contributed by atoms with Gasteiger partial charge in [0.1, 0.15) is 11.5 Å². The van der Waals surface area contributed by atoms with Gasteiger partial charge in [-0.1, -0.05) is 78.9 Å². The van der Waals surface area contributed by atoms with Crippen molar-refractivity contribution in [1.29, 1.82) is 0 Å². The van der Waals surface area contributed by atoms with E-state index in [-0.39, 0.29) is 20.4 Å². The van der Waals surface area contributed by atoms with Crippen LogP contribution in [0.4, 0.5) is 0 Å². The lowest BCUT2D eigenvalue weighted by atomic mass is 9.55. The lowest BCUT2D eigenvalue weighted by Gasteiger charge is -2.16. The molecule has 0 amide bonds. The topological polar surface area (TPSA) is 73.9 Å². The van der Waals surface area contributed by atoms with Gasteiger partial charge < -0.3 is 24.9 Å². The summed E-state index contributed by atoms with van der Waals surface area (Å²) in [4.78, 5) is 0. The second kappa shape index (κ2) is 12.4. The van der Waals surface area contributed by atoms with Gasteiger partial charge in [-0.15, -0.1) is 0 Å². The van der Waals surface area contributed by atoms with Gasteiger partial charge >= 0.3 is 13.8 Å². The predicted molar refractivity (Wildman–Crippen MR) is 144 cm³/mol. The number of hydrogen-bond donors (Lipinski definition) is 2. The number of rotatable bonds is 11. The van der Waals surface area contributed by atoms with Crippen LogP contribution < -0.4 is 32.3 Å². The van der Waals surface area contributed by atoms with Crippen LogP contribution in [0.1, 0.15) is 5.56 Å². The fourth-order valence-electron chi connectivity index (χ4n) is 4.02. The Hall–Kier alpha value is -3.35. The lowest BCUT2D eigenvalue weighted by molar-refractivity contribution is 0.282. The predicted octanol–water partition coefficient (Wildman–Crippen LogP) is 1.80. The van der Waals surface area contributed by atoms with Gasteiger partial charge in [0.2, 0.25) is 0 Å². The molecule has 0 aliphatic carbocycles. The molecule has 35 heavy (non-hydrogen) atoms. The van der Waals surface area contributed by atoms with E-state index in [9.17, 15) is 5.11 Å². The van der Waals surface area contributed by atoms with Crippen LogP contribution in [0.2, 0.25) is 0 Å². The van der Waals surface area contributed by atoms with Crippen molar-refractivity contribution in [2.75, 3.05) is 20.3 Å². The van der Waals surface area contributed by atoms with Gasteiger partial charge in [0, 0.05) is 20.3 Å². The van der Waals surface area contributed by atoms with E-state index in [1.54, 1.807) is 7.11 Å². The molecule has 4 rings (SSSR count). The maximum Gasteiger partial charge on any atom is 0.361 e. The van der Waals surface area contributed by atoms with E-state index in [2.05, 4.69) is 12.1 Å². The van der Waals surface area contributed by atoms with Gasteiger partial charge in [-0.3, -0.25) is 0 Å². The summed E-state index contributed by atoms with van der Waals surface area (Å²) in [5, 5.41) is 9.32. The highest BCUT2D eigenvalue weighted by Crippen LogP contribution is 2.19. The van der Waals surface area contributed by atoms with Crippen LogP contribution in [0.3, 0.4) is 0 Å². The summed E-state index contributed by atoms with van der Waals surface area (Å²) in [5.74, 6) is 1.49.